The van der Waals surface area contributed by atoms with Crippen LogP contribution in [0.2, 0.25) is 0 Å². The third kappa shape index (κ3) is 3.31. The summed E-state index contributed by atoms with van der Waals surface area (Å²) in [7, 11) is 0. The average molecular weight is 331 g/mol. The first-order chi connectivity index (χ1) is 11.0. The number of halogens is 1. The molecule has 1 N–H and O–H groups in total. The van der Waals surface area contributed by atoms with Crippen molar-refractivity contribution >= 4 is 29.0 Å². The van der Waals surface area contributed by atoms with Gasteiger partial charge in [0.25, 0.3) is 0 Å². The highest BCUT2D eigenvalue weighted by Gasteiger charge is 2.13. The minimum Gasteiger partial charge on any atom is -0.323 e. The average Bonchev–Trinajstić information content (AvgIpc) is 2.90. The molecule has 6 nitrogen and oxygen atoms in total. The van der Waals surface area contributed by atoms with Gasteiger partial charge < -0.3 is 5.32 Å². The van der Waals surface area contributed by atoms with Gasteiger partial charge >= 0.3 is 0 Å². The second-order valence-corrected chi connectivity index (χ2v) is 5.88. The third-order valence-corrected chi connectivity index (χ3v) is 4.07. The van der Waals surface area contributed by atoms with E-state index < -0.39 is 5.82 Å². The number of nitrogens with one attached hydrogen (secondary N) is 1. The predicted octanol–water partition coefficient (Wildman–Crippen LogP) is 2.61. The maximum absolute atomic E-state index is 13.5. The van der Waals surface area contributed by atoms with Crippen LogP contribution in [-0.2, 0) is 4.79 Å². The number of aryl methyl sites for hydroxylation is 2. The van der Waals surface area contributed by atoms with Crippen LogP contribution >= 0.6 is 11.8 Å². The molecule has 2 heterocycles. The summed E-state index contributed by atoms with van der Waals surface area (Å²) in [6.45, 7) is 3.74. The monoisotopic (exact) mass is 331 g/mol. The van der Waals surface area contributed by atoms with Gasteiger partial charge in [0.05, 0.1) is 11.4 Å². The number of aromatic nitrogens is 4. The smallest absolute Gasteiger partial charge is 0.234 e. The molecule has 0 unspecified atom stereocenters. The standard InChI is InChI=1S/C15H14FN5OS/c1-9-7-13-19-20-15(21(13)10(2)17-9)23-8-14(22)18-12-6-4-3-5-11(12)16/h3-7H,8H2,1-2H3,(H,18,22). The number of amides is 1. The summed E-state index contributed by atoms with van der Waals surface area (Å²) in [6.07, 6.45) is 0. The van der Waals surface area contributed by atoms with Gasteiger partial charge in [-0.2, -0.15) is 0 Å². The van der Waals surface area contributed by atoms with E-state index in [1.165, 1.54) is 23.9 Å². The van der Waals surface area contributed by atoms with Crippen molar-refractivity contribution in [1.29, 1.82) is 0 Å². The maximum Gasteiger partial charge on any atom is 0.234 e. The van der Waals surface area contributed by atoms with Crippen molar-refractivity contribution in [1.82, 2.24) is 19.6 Å². The fourth-order valence-electron chi connectivity index (χ4n) is 2.18. The van der Waals surface area contributed by atoms with Crippen LogP contribution in [0.15, 0.2) is 35.5 Å². The van der Waals surface area contributed by atoms with E-state index in [1.807, 2.05) is 19.9 Å². The molecule has 0 radical (unpaired) electrons. The summed E-state index contributed by atoms with van der Waals surface area (Å²) in [6, 6.07) is 7.87. The summed E-state index contributed by atoms with van der Waals surface area (Å²) >= 11 is 1.22. The molecule has 0 aliphatic carbocycles. The Bertz CT molecular complexity index is 879. The number of thioether (sulfide) groups is 1. The van der Waals surface area contributed by atoms with Gasteiger partial charge in [-0.1, -0.05) is 23.9 Å². The highest BCUT2D eigenvalue weighted by molar-refractivity contribution is 7.99. The Kier molecular flexibility index (Phi) is 4.24. The van der Waals surface area contributed by atoms with E-state index in [1.54, 1.807) is 16.5 Å². The van der Waals surface area contributed by atoms with Gasteiger partial charge in [-0.15, -0.1) is 10.2 Å². The van der Waals surface area contributed by atoms with Crippen molar-refractivity contribution in [3.63, 3.8) is 0 Å². The zero-order chi connectivity index (χ0) is 16.4. The number of carbonyl (C=O) groups excluding carboxylic acids is 1. The molecule has 3 aromatic rings. The summed E-state index contributed by atoms with van der Waals surface area (Å²) in [4.78, 5) is 16.3. The molecule has 118 valence electrons. The van der Waals surface area contributed by atoms with Gasteiger partial charge in [-0.05, 0) is 26.0 Å². The Labute approximate surface area is 136 Å². The largest absolute Gasteiger partial charge is 0.323 e. The molecular formula is C15H14FN5OS. The van der Waals surface area contributed by atoms with Crippen molar-refractivity contribution in [2.45, 2.75) is 19.0 Å². The molecule has 0 saturated heterocycles. The van der Waals surface area contributed by atoms with E-state index in [4.69, 9.17) is 0 Å². The van der Waals surface area contributed by atoms with Gasteiger partial charge in [0.2, 0.25) is 5.91 Å². The van der Waals surface area contributed by atoms with Crippen molar-refractivity contribution in [3.05, 3.63) is 47.7 Å². The fraction of sp³-hybridized carbons (Fsp3) is 0.200. The Balaban J connectivity index is 1.71. The van der Waals surface area contributed by atoms with Crippen molar-refractivity contribution < 1.29 is 9.18 Å². The first-order valence-corrected chi connectivity index (χ1v) is 7.90. The number of rotatable bonds is 4. The maximum atomic E-state index is 13.5. The van der Waals surface area contributed by atoms with E-state index >= 15 is 0 Å². The number of benzene rings is 1. The quantitative estimate of drug-likeness (QED) is 0.744. The molecule has 0 atom stereocenters. The number of anilines is 1. The molecule has 0 aliphatic heterocycles. The van der Waals surface area contributed by atoms with Crippen LogP contribution in [0.5, 0.6) is 0 Å². The fourth-order valence-corrected chi connectivity index (χ4v) is 2.96. The van der Waals surface area contributed by atoms with Gasteiger partial charge in [0, 0.05) is 11.8 Å². The number of hydrogen-bond acceptors (Lipinski definition) is 5. The molecular weight excluding hydrogens is 317 g/mol. The molecule has 0 spiro atoms. The van der Waals surface area contributed by atoms with Crippen molar-refractivity contribution in [3.8, 4) is 0 Å². The summed E-state index contributed by atoms with van der Waals surface area (Å²) in [5.74, 6) is 0.0773. The number of para-hydroxylation sites is 1. The molecule has 2 aromatic heterocycles. The lowest BCUT2D eigenvalue weighted by molar-refractivity contribution is -0.113. The first kappa shape index (κ1) is 15.4. The molecule has 1 amide bonds. The third-order valence-electron chi connectivity index (χ3n) is 3.14. The molecule has 23 heavy (non-hydrogen) atoms. The van der Waals surface area contributed by atoms with E-state index in [0.717, 1.165) is 11.5 Å². The molecule has 0 bridgehead atoms. The van der Waals surface area contributed by atoms with Crippen LogP contribution in [0.3, 0.4) is 0 Å². The van der Waals surface area contributed by atoms with E-state index in [2.05, 4.69) is 20.5 Å². The lowest BCUT2D eigenvalue weighted by Gasteiger charge is -2.06. The van der Waals surface area contributed by atoms with Gasteiger partial charge in [0.15, 0.2) is 10.8 Å². The Morgan fingerprint density at radius 2 is 2.09 bits per heavy atom. The normalized spacial score (nSPS) is 10.9. The molecule has 3 rings (SSSR count). The molecule has 0 fully saturated rings. The highest BCUT2D eigenvalue weighted by atomic mass is 32.2. The summed E-state index contributed by atoms with van der Waals surface area (Å²) in [5, 5.41) is 11.3. The van der Waals surface area contributed by atoms with Crippen LogP contribution < -0.4 is 5.32 Å². The zero-order valence-electron chi connectivity index (χ0n) is 12.6. The number of hydrogen-bond donors (Lipinski definition) is 1. The second kappa shape index (κ2) is 6.33. The SMILES string of the molecule is Cc1cc2nnc(SCC(=O)Nc3ccccc3F)n2c(C)n1. The first-order valence-electron chi connectivity index (χ1n) is 6.91. The van der Waals surface area contributed by atoms with E-state index in [9.17, 15) is 9.18 Å². The molecule has 0 aliphatic rings. The number of fused-ring (bicyclic) bond motifs is 1. The molecule has 0 saturated carbocycles. The second-order valence-electron chi connectivity index (χ2n) is 4.94. The topological polar surface area (TPSA) is 72.2 Å². The van der Waals surface area contributed by atoms with E-state index in [0.29, 0.717) is 10.8 Å². The minimum absolute atomic E-state index is 0.0996. The van der Waals surface area contributed by atoms with Gasteiger partial charge in [-0.25, -0.2) is 9.37 Å². The van der Waals surface area contributed by atoms with E-state index in [-0.39, 0.29) is 17.3 Å². The van der Waals surface area contributed by atoms with Crippen LogP contribution in [0.4, 0.5) is 10.1 Å². The number of nitrogens with zero attached hydrogens (tertiary/aromatic N) is 4. The summed E-state index contributed by atoms with van der Waals surface area (Å²) in [5.41, 5.74) is 1.71. The Morgan fingerprint density at radius 3 is 2.87 bits per heavy atom. The zero-order valence-corrected chi connectivity index (χ0v) is 13.4. The predicted molar refractivity (Wildman–Crippen MR) is 86.0 cm³/mol. The van der Waals surface area contributed by atoms with Crippen molar-refractivity contribution in [2.75, 3.05) is 11.1 Å². The van der Waals surface area contributed by atoms with Crippen molar-refractivity contribution in [2.24, 2.45) is 0 Å². The molecule has 8 heteroatoms. The van der Waals surface area contributed by atoms with Gasteiger partial charge in [0.1, 0.15) is 11.6 Å². The van der Waals surface area contributed by atoms with Crippen LogP contribution in [0, 0.1) is 19.7 Å². The van der Waals surface area contributed by atoms with Crippen LogP contribution in [-0.4, -0.2) is 31.2 Å². The lowest BCUT2D eigenvalue weighted by atomic mass is 10.3. The minimum atomic E-state index is -0.464. The Hall–Kier alpha value is -2.48. The van der Waals surface area contributed by atoms with Gasteiger partial charge in [-0.3, -0.25) is 9.20 Å². The van der Waals surface area contributed by atoms with Crippen LogP contribution in [0.25, 0.3) is 5.65 Å². The van der Waals surface area contributed by atoms with Crippen LogP contribution in [0.1, 0.15) is 11.5 Å². The highest BCUT2D eigenvalue weighted by Crippen LogP contribution is 2.19. The lowest BCUT2D eigenvalue weighted by Crippen LogP contribution is -2.15. The summed E-state index contributed by atoms with van der Waals surface area (Å²) < 4.78 is 15.3. The number of carbonyl (C=O) groups is 1. The molecule has 1 aromatic carbocycles. The Morgan fingerprint density at radius 1 is 1.30 bits per heavy atom.